The minimum Gasteiger partial charge on any atom is -0.465 e. The van der Waals surface area contributed by atoms with Crippen LogP contribution in [-0.4, -0.2) is 31.1 Å². The molecule has 0 aromatic carbocycles. The molecule has 0 radical (unpaired) electrons. The van der Waals surface area contributed by atoms with Crippen LogP contribution < -0.4 is 0 Å². The Morgan fingerprint density at radius 2 is 2.31 bits per heavy atom. The van der Waals surface area contributed by atoms with E-state index in [0.717, 1.165) is 13.2 Å². The zero-order chi connectivity index (χ0) is 10.5. The maximum Gasteiger partial charge on any atom is 0.370 e. The molecule has 4 nitrogen and oxygen atoms in total. The van der Waals surface area contributed by atoms with Gasteiger partial charge >= 0.3 is 11.8 Å². The monoisotopic (exact) mass is 193 g/mol. The third kappa shape index (κ3) is 2.32. The van der Waals surface area contributed by atoms with Crippen LogP contribution >= 0.6 is 0 Å². The van der Waals surface area contributed by atoms with Crippen LogP contribution in [0.25, 0.3) is 0 Å². The van der Waals surface area contributed by atoms with Gasteiger partial charge in [0.05, 0.1) is 7.11 Å². The second-order valence-corrected chi connectivity index (χ2v) is 2.24. The van der Waals surface area contributed by atoms with Crippen LogP contribution in [0.1, 0.15) is 13.3 Å². The van der Waals surface area contributed by atoms with Crippen molar-refractivity contribution in [2.75, 3.05) is 7.11 Å². The molecule has 0 amide bonds. The van der Waals surface area contributed by atoms with Gasteiger partial charge < -0.3 is 4.74 Å². The molecular formula is C7H9F2NO3. The summed E-state index contributed by atoms with van der Waals surface area (Å²) in [5.41, 5.74) is 0. The lowest BCUT2D eigenvalue weighted by atomic mass is 10.1. The topological polar surface area (TPSA) is 55.7 Å². The highest BCUT2D eigenvalue weighted by atomic mass is 19.2. The Hall–Kier alpha value is -1.29. The van der Waals surface area contributed by atoms with Crippen molar-refractivity contribution < 1.29 is 23.1 Å². The van der Waals surface area contributed by atoms with E-state index in [1.165, 1.54) is 6.92 Å². The second-order valence-electron chi connectivity index (χ2n) is 2.24. The van der Waals surface area contributed by atoms with E-state index in [9.17, 15) is 18.4 Å². The number of aliphatic imine (C=N–C) groups is 1. The van der Waals surface area contributed by atoms with Gasteiger partial charge in [-0.05, 0) is 6.42 Å². The molecule has 0 aromatic heterocycles. The number of methoxy groups -OCH3 is 1. The van der Waals surface area contributed by atoms with E-state index in [1.807, 2.05) is 0 Å². The molecule has 0 saturated carbocycles. The Bertz CT molecular complexity index is 240. The van der Waals surface area contributed by atoms with Gasteiger partial charge in [-0.1, -0.05) is 6.92 Å². The Labute approximate surface area is 73.6 Å². The number of hydrogen-bond donors (Lipinski definition) is 0. The Kier molecular flexibility index (Phi) is 4.20. The van der Waals surface area contributed by atoms with Gasteiger partial charge in [-0.2, -0.15) is 4.99 Å². The van der Waals surface area contributed by atoms with Crippen LogP contribution in [0.5, 0.6) is 0 Å². The van der Waals surface area contributed by atoms with Crippen LogP contribution in [0.3, 0.4) is 0 Å². The number of nitrogens with zero attached hydrogens (tertiary/aromatic N) is 1. The summed E-state index contributed by atoms with van der Waals surface area (Å²) in [4.78, 5) is 22.9. The van der Waals surface area contributed by atoms with Gasteiger partial charge in [0, 0.05) is 0 Å². The van der Waals surface area contributed by atoms with Crippen molar-refractivity contribution in [2.45, 2.75) is 25.3 Å². The van der Waals surface area contributed by atoms with Crippen molar-refractivity contribution in [3.05, 3.63) is 0 Å². The summed E-state index contributed by atoms with van der Waals surface area (Å²) < 4.78 is 30.1. The Balaban J connectivity index is 4.92. The first-order chi connectivity index (χ1) is 6.02. The van der Waals surface area contributed by atoms with Crippen LogP contribution in [-0.2, 0) is 14.3 Å². The number of hydrogen-bond acceptors (Lipinski definition) is 4. The van der Waals surface area contributed by atoms with Crippen LogP contribution in [0.4, 0.5) is 8.78 Å². The van der Waals surface area contributed by atoms with Crippen molar-refractivity contribution >= 4 is 12.0 Å². The van der Waals surface area contributed by atoms with Gasteiger partial charge in [0.2, 0.25) is 6.08 Å². The fourth-order valence-corrected chi connectivity index (χ4v) is 0.724. The number of halogens is 2. The van der Waals surface area contributed by atoms with Crippen LogP contribution in [0.15, 0.2) is 4.99 Å². The first-order valence-corrected chi connectivity index (χ1v) is 3.53. The molecule has 0 N–H and O–H groups in total. The van der Waals surface area contributed by atoms with Crippen molar-refractivity contribution in [3.63, 3.8) is 0 Å². The van der Waals surface area contributed by atoms with Gasteiger partial charge in [0.1, 0.15) is 0 Å². The summed E-state index contributed by atoms with van der Waals surface area (Å²) in [6, 6.07) is 0. The van der Waals surface area contributed by atoms with Gasteiger partial charge in [0.15, 0.2) is 6.17 Å². The lowest BCUT2D eigenvalue weighted by molar-refractivity contribution is -0.159. The SMILES string of the molecule is CCC(F)C(F)(N=C=O)C(=O)OC. The van der Waals surface area contributed by atoms with Crippen LogP contribution in [0.2, 0.25) is 0 Å². The number of rotatable bonds is 4. The fraction of sp³-hybridized carbons (Fsp3) is 0.714. The van der Waals surface area contributed by atoms with Crippen molar-refractivity contribution in [2.24, 2.45) is 4.99 Å². The first-order valence-electron chi connectivity index (χ1n) is 3.53. The normalized spacial score (nSPS) is 16.6. The van der Waals surface area contributed by atoms with E-state index in [4.69, 9.17) is 0 Å². The average Bonchev–Trinajstić information content (AvgIpc) is 2.15. The molecule has 2 atom stereocenters. The molecule has 0 aliphatic rings. The molecule has 6 heteroatoms. The number of ether oxygens (including phenoxy) is 1. The quantitative estimate of drug-likeness (QED) is 0.288. The van der Waals surface area contributed by atoms with Crippen molar-refractivity contribution in [3.8, 4) is 0 Å². The van der Waals surface area contributed by atoms with Gasteiger partial charge in [-0.15, -0.1) is 0 Å². The van der Waals surface area contributed by atoms with Gasteiger partial charge in [-0.3, -0.25) is 0 Å². The second kappa shape index (κ2) is 4.67. The molecule has 0 saturated heterocycles. The maximum atomic E-state index is 13.3. The third-order valence-electron chi connectivity index (χ3n) is 1.45. The van der Waals surface area contributed by atoms with E-state index < -0.39 is 17.9 Å². The maximum absolute atomic E-state index is 13.3. The fourth-order valence-electron chi connectivity index (χ4n) is 0.724. The molecule has 0 fully saturated rings. The predicted octanol–water partition coefficient (Wildman–Crippen LogP) is 0.909. The average molecular weight is 193 g/mol. The number of isocyanates is 1. The Morgan fingerprint density at radius 3 is 2.62 bits per heavy atom. The molecule has 0 aliphatic carbocycles. The summed E-state index contributed by atoms with van der Waals surface area (Å²) in [6.07, 6.45) is -1.70. The highest BCUT2D eigenvalue weighted by Crippen LogP contribution is 2.24. The largest absolute Gasteiger partial charge is 0.465 e. The van der Waals surface area contributed by atoms with Gasteiger partial charge in [-0.25, -0.2) is 18.4 Å². The predicted molar refractivity (Wildman–Crippen MR) is 39.2 cm³/mol. The molecule has 0 bridgehead atoms. The van der Waals surface area contributed by atoms with E-state index in [-0.39, 0.29) is 6.42 Å². The molecule has 13 heavy (non-hydrogen) atoms. The minimum atomic E-state index is -3.26. The van der Waals surface area contributed by atoms with E-state index in [2.05, 4.69) is 9.73 Å². The summed E-state index contributed by atoms with van der Waals surface area (Å²) in [5.74, 6) is -4.80. The first kappa shape index (κ1) is 11.7. The molecule has 74 valence electrons. The molecule has 0 spiro atoms. The summed E-state index contributed by atoms with van der Waals surface area (Å²) >= 11 is 0. The lowest BCUT2D eigenvalue weighted by Crippen LogP contribution is -2.42. The molecule has 0 aromatic rings. The van der Waals surface area contributed by atoms with Crippen molar-refractivity contribution in [1.29, 1.82) is 0 Å². The summed E-state index contributed by atoms with van der Waals surface area (Å²) in [5, 5.41) is 0. The third-order valence-corrected chi connectivity index (χ3v) is 1.45. The highest BCUT2D eigenvalue weighted by molar-refractivity contribution is 5.80. The van der Waals surface area contributed by atoms with Crippen LogP contribution in [0, 0.1) is 0 Å². The molecule has 0 aliphatic heterocycles. The van der Waals surface area contributed by atoms with E-state index >= 15 is 0 Å². The molecule has 0 heterocycles. The number of carbonyl (C=O) groups is 1. The lowest BCUT2D eigenvalue weighted by Gasteiger charge is -2.18. The molecule has 0 rings (SSSR count). The molecule has 2 unspecified atom stereocenters. The highest BCUT2D eigenvalue weighted by Gasteiger charge is 2.48. The van der Waals surface area contributed by atoms with E-state index in [1.54, 1.807) is 0 Å². The summed E-state index contributed by atoms with van der Waals surface area (Å²) in [6.45, 7) is 1.31. The Morgan fingerprint density at radius 1 is 1.77 bits per heavy atom. The number of esters is 1. The smallest absolute Gasteiger partial charge is 0.370 e. The van der Waals surface area contributed by atoms with Crippen molar-refractivity contribution in [1.82, 2.24) is 0 Å². The standard InChI is InChI=1S/C7H9F2NO3/c1-3-5(8)7(9,10-4-11)6(12)13-2/h5H,3H2,1-2H3. The number of carbonyl (C=O) groups excluding carboxylic acids is 2. The zero-order valence-electron chi connectivity index (χ0n) is 7.21. The van der Waals surface area contributed by atoms with E-state index in [0.29, 0.717) is 0 Å². The van der Waals surface area contributed by atoms with Gasteiger partial charge in [0.25, 0.3) is 0 Å². The zero-order valence-corrected chi connectivity index (χ0v) is 7.21. The summed E-state index contributed by atoms with van der Waals surface area (Å²) in [7, 11) is 0.874. The minimum absolute atomic E-state index is 0.295. The number of alkyl halides is 2. The molecular weight excluding hydrogens is 184 g/mol.